The number of carbonyl (C=O) groups is 3. The molecule has 0 radical (unpaired) electrons. The molecule has 45 heavy (non-hydrogen) atoms. The smallest absolute Gasteiger partial charge is 0.255 e. The second-order valence-corrected chi connectivity index (χ2v) is 10.7. The number of anilines is 3. The molecular weight excluding hydrogens is 562 g/mol. The fourth-order valence-corrected chi connectivity index (χ4v) is 5.36. The number of nitrogens with one attached hydrogen (secondary N) is 3. The van der Waals surface area contributed by atoms with Crippen LogP contribution in [0.15, 0.2) is 122 Å². The number of hydrogen-bond donors (Lipinski definition) is 3. The Morgan fingerprint density at radius 2 is 0.844 bits per heavy atom. The molecule has 0 spiro atoms. The summed E-state index contributed by atoms with van der Waals surface area (Å²) in [4.78, 5) is 38.6. The molecule has 0 saturated heterocycles. The molecule has 3 amide bonds. The summed E-state index contributed by atoms with van der Waals surface area (Å²) >= 11 is 0. The zero-order chi connectivity index (χ0) is 31.3. The molecule has 0 aliphatic rings. The Balaban J connectivity index is 1.06. The maximum Gasteiger partial charge on any atom is 0.255 e. The minimum Gasteiger partial charge on any atom is -0.322 e. The normalized spacial score (nSPS) is 10.9. The summed E-state index contributed by atoms with van der Waals surface area (Å²) < 4.78 is 4.29. The lowest BCUT2D eigenvalue weighted by Gasteiger charge is -2.09. The average molecular weight is 596 g/mol. The number of aromatic nitrogens is 2. The summed E-state index contributed by atoms with van der Waals surface area (Å²) in [6.45, 7) is 5.90. The third-order valence-electron chi connectivity index (χ3n) is 7.77. The van der Waals surface area contributed by atoms with Gasteiger partial charge in [-0.2, -0.15) is 9.13 Å². The first-order valence-electron chi connectivity index (χ1n) is 14.9. The Hall–Kier alpha value is -5.89. The van der Waals surface area contributed by atoms with Crippen molar-refractivity contribution in [3.05, 3.63) is 138 Å². The van der Waals surface area contributed by atoms with E-state index in [1.54, 1.807) is 48.5 Å². The van der Waals surface area contributed by atoms with Crippen LogP contribution in [0.5, 0.6) is 0 Å². The van der Waals surface area contributed by atoms with E-state index in [1.807, 2.05) is 73.1 Å². The van der Waals surface area contributed by atoms with Crippen LogP contribution >= 0.6 is 0 Å². The highest BCUT2D eigenvalue weighted by Crippen LogP contribution is 2.20. The van der Waals surface area contributed by atoms with Crippen LogP contribution in [-0.4, -0.2) is 17.7 Å². The van der Waals surface area contributed by atoms with Crippen LogP contribution in [0, 0.1) is 0 Å². The molecule has 8 heteroatoms. The number of hydrogen-bond acceptors (Lipinski definition) is 3. The third-order valence-corrected chi connectivity index (χ3v) is 7.77. The van der Waals surface area contributed by atoms with E-state index in [1.165, 1.54) is 0 Å². The van der Waals surface area contributed by atoms with Crippen molar-refractivity contribution in [3.63, 3.8) is 0 Å². The quantitative estimate of drug-likeness (QED) is 0.179. The minimum absolute atomic E-state index is 0.242. The zero-order valence-corrected chi connectivity index (χ0v) is 25.1. The van der Waals surface area contributed by atoms with E-state index in [0.29, 0.717) is 33.8 Å². The molecule has 222 valence electrons. The summed E-state index contributed by atoms with van der Waals surface area (Å²) in [5.74, 6) is -0.824. The molecule has 3 N–H and O–H groups in total. The Kier molecular flexibility index (Phi) is 8.28. The van der Waals surface area contributed by atoms with E-state index in [2.05, 4.69) is 38.9 Å². The molecule has 0 aliphatic heterocycles. The van der Waals surface area contributed by atoms with E-state index in [-0.39, 0.29) is 17.7 Å². The lowest BCUT2D eigenvalue weighted by atomic mass is 10.1. The number of rotatable bonds is 8. The fourth-order valence-electron chi connectivity index (χ4n) is 5.36. The summed E-state index contributed by atoms with van der Waals surface area (Å²) in [6.07, 6.45) is 4.06. The third kappa shape index (κ3) is 6.40. The van der Waals surface area contributed by atoms with Crippen molar-refractivity contribution in [1.82, 2.24) is 0 Å². The molecule has 0 fully saturated rings. The molecule has 0 atom stereocenters. The van der Waals surface area contributed by atoms with Crippen LogP contribution in [0.2, 0.25) is 0 Å². The molecule has 6 rings (SSSR count). The van der Waals surface area contributed by atoms with Gasteiger partial charge in [0.25, 0.3) is 17.7 Å². The van der Waals surface area contributed by atoms with E-state index >= 15 is 0 Å². The van der Waals surface area contributed by atoms with Gasteiger partial charge in [-0.1, -0.05) is 0 Å². The van der Waals surface area contributed by atoms with Gasteiger partial charge < -0.3 is 16.0 Å². The number of amides is 3. The van der Waals surface area contributed by atoms with Crippen molar-refractivity contribution in [3.8, 4) is 0 Å². The molecular formula is C37H33N5O3+2. The van der Waals surface area contributed by atoms with Gasteiger partial charge in [0.15, 0.2) is 12.4 Å². The molecule has 4 aromatic carbocycles. The minimum atomic E-state index is -0.321. The molecule has 0 saturated carbocycles. The van der Waals surface area contributed by atoms with Gasteiger partial charge in [0.05, 0.1) is 0 Å². The first kappa shape index (κ1) is 29.2. The van der Waals surface area contributed by atoms with Crippen molar-refractivity contribution in [2.45, 2.75) is 26.9 Å². The van der Waals surface area contributed by atoms with Crippen LogP contribution in [0.3, 0.4) is 0 Å². The number of carbonyl (C=O) groups excluding carboxylic acids is 3. The molecule has 0 bridgehead atoms. The number of benzene rings is 4. The second-order valence-electron chi connectivity index (χ2n) is 10.7. The summed E-state index contributed by atoms with van der Waals surface area (Å²) in [6, 6.07) is 32.8. The van der Waals surface area contributed by atoms with Crippen molar-refractivity contribution in [2.24, 2.45) is 0 Å². The number of aryl methyl sites for hydroxylation is 2. The highest BCUT2D eigenvalue weighted by atomic mass is 16.2. The molecule has 6 aromatic rings. The van der Waals surface area contributed by atoms with Crippen molar-refractivity contribution in [2.75, 3.05) is 16.0 Å². The first-order chi connectivity index (χ1) is 21.9. The predicted molar refractivity (Wildman–Crippen MR) is 176 cm³/mol. The molecule has 2 heterocycles. The average Bonchev–Trinajstić information content (AvgIpc) is 3.07. The maximum atomic E-state index is 12.9. The van der Waals surface area contributed by atoms with Gasteiger partial charge in [0.2, 0.25) is 11.0 Å². The molecule has 0 unspecified atom stereocenters. The Labute approximate surface area is 261 Å². The van der Waals surface area contributed by atoms with E-state index < -0.39 is 0 Å². The highest BCUT2D eigenvalue weighted by Gasteiger charge is 2.14. The summed E-state index contributed by atoms with van der Waals surface area (Å²) in [7, 11) is 0. The lowest BCUT2D eigenvalue weighted by molar-refractivity contribution is -0.668. The monoisotopic (exact) mass is 595 g/mol. The Morgan fingerprint density at radius 3 is 1.24 bits per heavy atom. The Bertz CT molecular complexity index is 2050. The SMILES string of the molecule is CC[n+]1cccc2cc(NC(=O)c3ccc(NC(=O)c4ccc(C(=O)Nc5ccc6c(ccc[n+]6CC)c5)cc4)cc3)ccc21. The van der Waals surface area contributed by atoms with E-state index in [9.17, 15) is 14.4 Å². The lowest BCUT2D eigenvalue weighted by Crippen LogP contribution is -2.32. The van der Waals surface area contributed by atoms with Crippen LogP contribution in [0.25, 0.3) is 21.8 Å². The fraction of sp³-hybridized carbons (Fsp3) is 0.108. The van der Waals surface area contributed by atoms with Gasteiger partial charge in [-0.05, 0) is 98.8 Å². The molecule has 8 nitrogen and oxygen atoms in total. The van der Waals surface area contributed by atoms with Gasteiger partial charge in [0, 0.05) is 68.8 Å². The highest BCUT2D eigenvalue weighted by molar-refractivity contribution is 6.08. The van der Waals surface area contributed by atoms with E-state index in [0.717, 1.165) is 34.9 Å². The standard InChI is InChI=1S/C37H31N5O3/c1-3-41-21-5-7-28-23-31(17-19-33(28)41)39-36(44)26-11-9-25(10-12-26)35(43)38-30-15-13-27(14-16-30)37(45)40-32-18-20-34-29(24-32)8-6-22-42(34)4-2/h5-24H,3-4H2,1-2H3,(H-2,38,39,40,43,44,45)/p+2. The van der Waals surface area contributed by atoms with Crippen LogP contribution in [0.1, 0.15) is 44.9 Å². The summed E-state index contributed by atoms with van der Waals surface area (Å²) in [5, 5.41) is 10.8. The maximum absolute atomic E-state index is 12.9. The number of nitrogens with zero attached hydrogens (tertiary/aromatic N) is 2. The van der Waals surface area contributed by atoms with Gasteiger partial charge in [-0.3, -0.25) is 14.4 Å². The topological polar surface area (TPSA) is 95.1 Å². The van der Waals surface area contributed by atoms with Crippen LogP contribution in [0.4, 0.5) is 17.1 Å². The predicted octanol–water partition coefficient (Wildman–Crippen LogP) is 6.36. The second kappa shape index (κ2) is 12.8. The number of fused-ring (bicyclic) bond motifs is 2. The van der Waals surface area contributed by atoms with Crippen LogP contribution < -0.4 is 25.1 Å². The Morgan fingerprint density at radius 1 is 0.489 bits per heavy atom. The zero-order valence-electron chi connectivity index (χ0n) is 25.1. The largest absolute Gasteiger partial charge is 0.322 e. The van der Waals surface area contributed by atoms with Crippen molar-refractivity contribution < 1.29 is 23.5 Å². The van der Waals surface area contributed by atoms with Gasteiger partial charge in [0.1, 0.15) is 13.1 Å². The van der Waals surface area contributed by atoms with Crippen molar-refractivity contribution in [1.29, 1.82) is 0 Å². The van der Waals surface area contributed by atoms with Gasteiger partial charge in [-0.15, -0.1) is 0 Å². The van der Waals surface area contributed by atoms with E-state index in [4.69, 9.17) is 0 Å². The molecule has 2 aromatic heterocycles. The molecule has 0 aliphatic carbocycles. The van der Waals surface area contributed by atoms with Crippen LogP contribution in [-0.2, 0) is 13.1 Å². The summed E-state index contributed by atoms with van der Waals surface area (Å²) in [5.41, 5.74) is 5.46. The van der Waals surface area contributed by atoms with Gasteiger partial charge in [-0.25, -0.2) is 0 Å². The van der Waals surface area contributed by atoms with Crippen molar-refractivity contribution >= 4 is 56.6 Å². The number of pyridine rings is 2. The van der Waals surface area contributed by atoms with Gasteiger partial charge >= 0.3 is 0 Å². The first-order valence-corrected chi connectivity index (χ1v) is 14.9.